The lowest BCUT2D eigenvalue weighted by Gasteiger charge is -2.09. The number of hydrogen-bond acceptors (Lipinski definition) is 2. The summed E-state index contributed by atoms with van der Waals surface area (Å²) in [6, 6.07) is 6.40. The first-order valence-electron chi connectivity index (χ1n) is 5.86. The van der Waals surface area contributed by atoms with Crippen molar-refractivity contribution in [3.8, 4) is 0 Å². The fourth-order valence-corrected chi connectivity index (χ4v) is 0.812. The van der Waals surface area contributed by atoms with E-state index >= 15 is 0 Å². The van der Waals surface area contributed by atoms with E-state index in [1.807, 2.05) is 0 Å². The maximum absolute atomic E-state index is 11.6. The van der Waals surface area contributed by atoms with Gasteiger partial charge in [0.1, 0.15) is 0 Å². The minimum atomic E-state index is -2.53. The topological polar surface area (TPSA) is 41.1 Å². The van der Waals surface area contributed by atoms with Gasteiger partial charge in [0.15, 0.2) is 0 Å². The van der Waals surface area contributed by atoms with Crippen LogP contribution in [0.1, 0.15) is 29.6 Å². The molecule has 0 aromatic heterocycles. The summed E-state index contributed by atoms with van der Waals surface area (Å²) in [6.07, 6.45) is 0. The molecular weight excluding hydrogens is 164 g/mol. The van der Waals surface area contributed by atoms with Crippen molar-refractivity contribution in [1.82, 2.24) is 10.9 Å². The number of benzene rings is 1. The highest BCUT2D eigenvalue weighted by atomic mass is 16.2. The number of hydrogen-bond donors (Lipinski definition) is 2. The molecule has 0 fully saturated rings. The molecule has 0 saturated heterocycles. The summed E-state index contributed by atoms with van der Waals surface area (Å²) >= 11 is 0. The van der Waals surface area contributed by atoms with E-state index in [-0.39, 0.29) is 0 Å². The van der Waals surface area contributed by atoms with Gasteiger partial charge in [-0.2, -0.15) is 0 Å². The Balaban J connectivity index is 2.61. The van der Waals surface area contributed by atoms with Crippen molar-refractivity contribution in [3.05, 3.63) is 35.9 Å². The highest BCUT2D eigenvalue weighted by molar-refractivity contribution is 5.93. The smallest absolute Gasteiger partial charge is 0.265 e. The second kappa shape index (κ2) is 4.62. The van der Waals surface area contributed by atoms with Gasteiger partial charge in [0, 0.05) is 17.1 Å². The van der Waals surface area contributed by atoms with E-state index in [0.717, 1.165) is 0 Å². The Morgan fingerprint density at radius 3 is 2.85 bits per heavy atom. The summed E-state index contributed by atoms with van der Waals surface area (Å²) in [7, 11) is 0. The molecule has 0 bridgehead atoms. The number of hydrazine groups is 1. The minimum Gasteiger partial charge on any atom is -0.287 e. The molecule has 3 nitrogen and oxygen atoms in total. The summed E-state index contributed by atoms with van der Waals surface area (Å²) in [5, 5.41) is 0. The fourth-order valence-electron chi connectivity index (χ4n) is 0.812. The zero-order chi connectivity index (χ0) is 13.1. The van der Waals surface area contributed by atoms with Crippen molar-refractivity contribution in [2.75, 3.05) is 0 Å². The van der Waals surface area contributed by atoms with E-state index in [1.165, 1.54) is 6.92 Å². The third kappa shape index (κ3) is 3.25. The molecule has 13 heavy (non-hydrogen) atoms. The van der Waals surface area contributed by atoms with Gasteiger partial charge in [0.2, 0.25) is 0 Å². The van der Waals surface area contributed by atoms with Gasteiger partial charge in [-0.1, -0.05) is 18.2 Å². The van der Waals surface area contributed by atoms with E-state index in [1.54, 1.807) is 30.3 Å². The first-order valence-corrected chi connectivity index (χ1v) is 3.86. The number of amides is 1. The van der Waals surface area contributed by atoms with Crippen LogP contribution in [0.4, 0.5) is 0 Å². The quantitative estimate of drug-likeness (QED) is 0.692. The van der Waals surface area contributed by atoms with E-state index < -0.39 is 18.8 Å². The molecular formula is C10H14N2O. The molecule has 0 spiro atoms. The molecule has 0 saturated carbocycles. The first kappa shape index (κ1) is 5.40. The summed E-state index contributed by atoms with van der Waals surface area (Å²) in [4.78, 5) is 11.6. The number of nitrogens with one attached hydrogen (secondary N) is 2. The Morgan fingerprint density at radius 2 is 2.23 bits per heavy atom. The van der Waals surface area contributed by atoms with Gasteiger partial charge in [-0.15, -0.1) is 0 Å². The monoisotopic (exact) mass is 182 g/mol. The molecule has 70 valence electrons. The van der Waals surface area contributed by atoms with Crippen LogP contribution in [0.5, 0.6) is 0 Å². The molecule has 1 aromatic carbocycles. The maximum Gasteiger partial charge on any atom is 0.265 e. The van der Waals surface area contributed by atoms with Crippen LogP contribution in [0.2, 0.25) is 0 Å². The third-order valence-electron chi connectivity index (χ3n) is 1.40. The van der Waals surface area contributed by atoms with Crippen molar-refractivity contribution in [3.63, 3.8) is 0 Å². The SMILES string of the molecule is [2H]C([2H])([2H])C([2H])(C)NNC(=O)c1ccccc1. The van der Waals surface area contributed by atoms with Crippen LogP contribution in [0.15, 0.2) is 30.3 Å². The molecule has 1 aromatic rings. The molecule has 1 atom stereocenters. The Kier molecular flexibility index (Phi) is 1.92. The second-order valence-corrected chi connectivity index (χ2v) is 2.57. The fraction of sp³-hybridized carbons (Fsp3) is 0.300. The number of rotatable bonds is 3. The van der Waals surface area contributed by atoms with Crippen molar-refractivity contribution in [2.45, 2.75) is 19.8 Å². The molecule has 3 heteroatoms. The van der Waals surface area contributed by atoms with Crippen molar-refractivity contribution >= 4 is 5.91 Å². The van der Waals surface area contributed by atoms with Gasteiger partial charge in [0.25, 0.3) is 5.91 Å². The maximum atomic E-state index is 11.6. The normalized spacial score (nSPS) is 20.1. The Morgan fingerprint density at radius 1 is 1.54 bits per heavy atom. The van der Waals surface area contributed by atoms with Crippen LogP contribution < -0.4 is 10.9 Å². The summed E-state index contributed by atoms with van der Waals surface area (Å²) in [6.45, 7) is -1.36. The van der Waals surface area contributed by atoms with E-state index in [0.29, 0.717) is 5.56 Å². The molecule has 1 amide bonds. The summed E-state index contributed by atoms with van der Waals surface area (Å²) in [5.74, 6) is -0.478. The standard InChI is InChI=1S/C10H14N2O/c1-8(2)11-12-10(13)9-6-4-3-5-7-9/h3-8,11H,1-2H3,(H,12,13)/i1D3,8D. The third-order valence-corrected chi connectivity index (χ3v) is 1.40. The largest absolute Gasteiger partial charge is 0.287 e. The summed E-state index contributed by atoms with van der Waals surface area (Å²) < 4.78 is 28.9. The van der Waals surface area contributed by atoms with Crippen LogP contribution in [0, 0.1) is 0 Å². The summed E-state index contributed by atoms with van der Waals surface area (Å²) in [5.41, 5.74) is 4.80. The molecule has 0 aliphatic heterocycles. The lowest BCUT2D eigenvalue weighted by Crippen LogP contribution is -2.41. The van der Waals surface area contributed by atoms with Gasteiger partial charge >= 0.3 is 0 Å². The van der Waals surface area contributed by atoms with Gasteiger partial charge in [-0.25, -0.2) is 5.43 Å². The first-order chi connectivity index (χ1) is 7.74. The van der Waals surface area contributed by atoms with Crippen LogP contribution in [-0.4, -0.2) is 11.9 Å². The number of carbonyl (C=O) groups excluding carboxylic acids is 1. The van der Waals surface area contributed by atoms with E-state index in [2.05, 4.69) is 10.9 Å². The van der Waals surface area contributed by atoms with E-state index in [4.69, 9.17) is 5.48 Å². The van der Waals surface area contributed by atoms with Crippen LogP contribution in [0.25, 0.3) is 0 Å². The van der Waals surface area contributed by atoms with Crippen LogP contribution in [-0.2, 0) is 0 Å². The highest BCUT2D eigenvalue weighted by Gasteiger charge is 2.02. The van der Waals surface area contributed by atoms with Gasteiger partial charge in [0.05, 0.1) is 0 Å². The lowest BCUT2D eigenvalue weighted by atomic mass is 10.2. The highest BCUT2D eigenvalue weighted by Crippen LogP contribution is 1.96. The van der Waals surface area contributed by atoms with Crippen molar-refractivity contribution in [1.29, 1.82) is 0 Å². The van der Waals surface area contributed by atoms with Crippen LogP contribution >= 0.6 is 0 Å². The molecule has 0 heterocycles. The minimum absolute atomic E-state index is 0.390. The Labute approximate surface area is 83.7 Å². The van der Waals surface area contributed by atoms with Gasteiger partial charge in [-0.3, -0.25) is 10.2 Å². The predicted octanol–water partition coefficient (Wildman–Crippen LogP) is 1.33. The Bertz CT molecular complexity index is 389. The molecule has 0 aliphatic rings. The molecule has 1 rings (SSSR count). The number of carbonyl (C=O) groups is 1. The van der Waals surface area contributed by atoms with Crippen LogP contribution in [0.3, 0.4) is 0 Å². The second-order valence-electron chi connectivity index (χ2n) is 2.57. The zero-order valence-electron chi connectivity index (χ0n) is 11.3. The van der Waals surface area contributed by atoms with Crippen molar-refractivity contribution in [2.24, 2.45) is 0 Å². The molecule has 2 N–H and O–H groups in total. The van der Waals surface area contributed by atoms with Crippen molar-refractivity contribution < 1.29 is 10.3 Å². The average Bonchev–Trinajstić information content (AvgIpc) is 2.25. The molecule has 0 radical (unpaired) electrons. The van der Waals surface area contributed by atoms with E-state index in [9.17, 15) is 4.79 Å². The zero-order valence-corrected chi connectivity index (χ0v) is 7.29. The lowest BCUT2D eigenvalue weighted by molar-refractivity contribution is 0.0927. The average molecular weight is 182 g/mol. The predicted molar refractivity (Wildman–Crippen MR) is 52.2 cm³/mol. The van der Waals surface area contributed by atoms with Gasteiger partial charge in [-0.05, 0) is 25.9 Å². The molecule has 1 unspecified atom stereocenters. The Hall–Kier alpha value is -1.35. The van der Waals surface area contributed by atoms with Gasteiger partial charge < -0.3 is 0 Å². The molecule has 0 aliphatic carbocycles.